The molecule has 1 aliphatic heterocycles. The number of carbonyl (C=O) groups is 2. The molecule has 0 radical (unpaired) electrons. The molecular weight excluding hydrogens is 610 g/mol. The summed E-state index contributed by atoms with van der Waals surface area (Å²) in [6.45, 7) is 7.49. The normalized spacial score (nSPS) is 12.8. The number of ether oxygens (including phenoxy) is 2. The van der Waals surface area contributed by atoms with Crippen molar-refractivity contribution in [2.45, 2.75) is 44.9 Å². The number of hydrogen-bond acceptors (Lipinski definition) is 5. The van der Waals surface area contributed by atoms with Crippen LogP contribution in [0.15, 0.2) is 103 Å². The van der Waals surface area contributed by atoms with E-state index < -0.39 is 20.3 Å². The van der Waals surface area contributed by atoms with Gasteiger partial charge in [-0.05, 0) is 47.0 Å². The molecule has 0 saturated carbocycles. The molecule has 0 bridgehead atoms. The Kier molecular flexibility index (Phi) is 9.09. The van der Waals surface area contributed by atoms with E-state index in [9.17, 15) is 14.0 Å². The predicted molar refractivity (Wildman–Crippen MR) is 185 cm³/mol. The first-order valence-electron chi connectivity index (χ1n) is 15.7. The van der Waals surface area contributed by atoms with E-state index in [1.165, 1.54) is 17.0 Å². The first kappa shape index (κ1) is 31.9. The Morgan fingerprint density at radius 2 is 1.57 bits per heavy atom. The van der Waals surface area contributed by atoms with Gasteiger partial charge in [0.15, 0.2) is 5.75 Å². The third kappa shape index (κ3) is 6.90. The highest BCUT2D eigenvalue weighted by atomic mass is 28.3. The number of benzene rings is 4. The molecule has 2 amide bonds. The number of rotatable bonds is 10. The Balaban J connectivity index is 1.49. The quantitative estimate of drug-likeness (QED) is 0.142. The molecule has 5 aromatic rings. The second-order valence-corrected chi connectivity index (χ2v) is 18.6. The molecule has 7 nitrogen and oxygen atoms in total. The molecule has 6 rings (SSSR count). The highest BCUT2D eigenvalue weighted by molar-refractivity contribution is 6.76. The van der Waals surface area contributed by atoms with Gasteiger partial charge in [0.1, 0.15) is 17.4 Å². The van der Waals surface area contributed by atoms with Crippen LogP contribution in [-0.4, -0.2) is 43.6 Å². The zero-order valence-electron chi connectivity index (χ0n) is 27.1. The summed E-state index contributed by atoms with van der Waals surface area (Å²) in [7, 11) is 0.236. The molecule has 0 unspecified atom stereocenters. The van der Waals surface area contributed by atoms with Crippen molar-refractivity contribution in [2.24, 2.45) is 0 Å². The van der Waals surface area contributed by atoms with Gasteiger partial charge in [0.25, 0.3) is 5.91 Å². The van der Waals surface area contributed by atoms with Gasteiger partial charge in [-0.25, -0.2) is 9.18 Å². The van der Waals surface area contributed by atoms with Crippen molar-refractivity contribution in [3.8, 4) is 5.75 Å². The van der Waals surface area contributed by atoms with Crippen molar-refractivity contribution in [2.75, 3.05) is 18.6 Å². The van der Waals surface area contributed by atoms with E-state index in [0.29, 0.717) is 40.1 Å². The molecule has 1 aromatic heterocycles. The Hall–Kier alpha value is -5.02. The van der Waals surface area contributed by atoms with Crippen LogP contribution in [0.25, 0.3) is 10.9 Å². The smallest absolute Gasteiger partial charge is 0.414 e. The van der Waals surface area contributed by atoms with E-state index in [1.54, 1.807) is 30.3 Å². The average molecular weight is 648 g/mol. The first-order valence-corrected chi connectivity index (χ1v) is 19.5. The molecule has 0 saturated heterocycles. The molecule has 240 valence electrons. The van der Waals surface area contributed by atoms with Crippen LogP contribution >= 0.6 is 0 Å². The van der Waals surface area contributed by atoms with Crippen molar-refractivity contribution in [3.63, 3.8) is 0 Å². The van der Waals surface area contributed by atoms with Crippen LogP contribution in [0.4, 0.5) is 14.9 Å². The number of anilines is 1. The topological polar surface area (TPSA) is 72.0 Å². The lowest BCUT2D eigenvalue weighted by atomic mass is 9.98. The molecule has 0 N–H and O–H groups in total. The van der Waals surface area contributed by atoms with Crippen molar-refractivity contribution in [1.82, 2.24) is 9.88 Å². The van der Waals surface area contributed by atoms with E-state index >= 15 is 0 Å². The fourth-order valence-electron chi connectivity index (χ4n) is 5.89. The van der Waals surface area contributed by atoms with E-state index in [-0.39, 0.29) is 24.8 Å². The number of nitrogens with zero attached hydrogens (tertiary/aromatic N) is 3. The van der Waals surface area contributed by atoms with Crippen LogP contribution < -0.4 is 9.64 Å². The number of hydrogen-bond donors (Lipinski definition) is 0. The average Bonchev–Trinajstić information content (AvgIpc) is 3.38. The van der Waals surface area contributed by atoms with Gasteiger partial charge in [-0.2, -0.15) is 0 Å². The van der Waals surface area contributed by atoms with Crippen LogP contribution in [-0.2, 0) is 17.8 Å². The number of amides is 2. The van der Waals surface area contributed by atoms with Crippen LogP contribution in [0.5, 0.6) is 5.75 Å². The van der Waals surface area contributed by atoms with E-state index in [1.807, 2.05) is 72.8 Å². The minimum Gasteiger partial charge on any atom is -0.478 e. The minimum absolute atomic E-state index is 0.218. The number of fused-ring (bicyclic) bond motifs is 2. The van der Waals surface area contributed by atoms with E-state index in [0.717, 1.165) is 22.7 Å². The summed E-state index contributed by atoms with van der Waals surface area (Å²) in [4.78, 5) is 35.9. The lowest BCUT2D eigenvalue weighted by molar-refractivity contribution is 0.0762. The molecule has 0 aliphatic carbocycles. The summed E-state index contributed by atoms with van der Waals surface area (Å²) in [5.74, 6) is -0.250. The van der Waals surface area contributed by atoms with Crippen molar-refractivity contribution in [1.29, 1.82) is 0 Å². The first-order chi connectivity index (χ1) is 22.6. The van der Waals surface area contributed by atoms with Gasteiger partial charge >= 0.3 is 6.09 Å². The molecule has 1 aliphatic rings. The van der Waals surface area contributed by atoms with Crippen molar-refractivity contribution < 1.29 is 23.5 Å². The highest BCUT2D eigenvalue weighted by Crippen LogP contribution is 2.46. The van der Waals surface area contributed by atoms with Gasteiger partial charge < -0.3 is 14.4 Å². The standard InChI is InChI=1S/C38H38FN3O4Si/c1-41(38(44)45-22-23-47(2,3)4)34-30-16-11-21-40-33(30)36(46-35(27-12-7-5-8-13-27)28-14-9-6-10-15-28)32-31(34)25-42(37(32)43)24-26-17-19-29(39)20-18-26/h5-21,35H,22-25H2,1-4H3. The molecular formula is C38H38FN3O4Si. The van der Waals surface area contributed by atoms with E-state index in [2.05, 4.69) is 19.6 Å². The molecule has 2 heterocycles. The van der Waals surface area contributed by atoms with Gasteiger partial charge in [-0.1, -0.05) is 92.4 Å². The minimum atomic E-state index is -1.43. The SMILES string of the molecule is CN(C(=O)OCC[Si](C)(C)C)c1c2c(c(OC(c3ccccc3)c3ccccc3)c3ncccc13)C(=O)N(Cc1ccc(F)cc1)C2. The Bertz CT molecular complexity index is 1860. The van der Waals surface area contributed by atoms with Gasteiger partial charge in [0.2, 0.25) is 0 Å². The Morgan fingerprint density at radius 1 is 0.936 bits per heavy atom. The third-order valence-electron chi connectivity index (χ3n) is 8.36. The van der Waals surface area contributed by atoms with Gasteiger partial charge in [0, 0.05) is 45.4 Å². The van der Waals surface area contributed by atoms with Crippen LogP contribution in [0.2, 0.25) is 25.7 Å². The maximum Gasteiger partial charge on any atom is 0.414 e. The fourth-order valence-corrected chi connectivity index (χ4v) is 6.60. The zero-order chi connectivity index (χ0) is 33.1. The number of pyridine rings is 1. The summed E-state index contributed by atoms with van der Waals surface area (Å²) < 4.78 is 26.4. The molecule has 4 aromatic carbocycles. The molecule has 0 fully saturated rings. The third-order valence-corrected chi connectivity index (χ3v) is 10.1. The summed E-state index contributed by atoms with van der Waals surface area (Å²) in [6, 6.07) is 30.4. The van der Waals surface area contributed by atoms with Gasteiger partial charge in [0.05, 0.1) is 17.9 Å². The van der Waals surface area contributed by atoms with Gasteiger partial charge in [-0.15, -0.1) is 0 Å². The summed E-state index contributed by atoms with van der Waals surface area (Å²) in [5, 5.41) is 0.669. The lowest BCUT2D eigenvalue weighted by Crippen LogP contribution is -2.31. The van der Waals surface area contributed by atoms with Gasteiger partial charge in [-0.3, -0.25) is 14.7 Å². The Labute approximate surface area is 275 Å². The largest absolute Gasteiger partial charge is 0.478 e. The zero-order valence-corrected chi connectivity index (χ0v) is 28.1. The molecule has 0 spiro atoms. The van der Waals surface area contributed by atoms with Crippen molar-refractivity contribution >= 4 is 36.7 Å². The monoisotopic (exact) mass is 647 g/mol. The lowest BCUT2D eigenvalue weighted by Gasteiger charge is -2.26. The second-order valence-electron chi connectivity index (χ2n) is 13.0. The number of carbonyl (C=O) groups excluding carboxylic acids is 2. The van der Waals surface area contributed by atoms with E-state index in [4.69, 9.17) is 14.5 Å². The van der Waals surface area contributed by atoms with Crippen molar-refractivity contribution in [3.05, 3.63) is 137 Å². The maximum atomic E-state index is 14.4. The molecule has 9 heteroatoms. The summed E-state index contributed by atoms with van der Waals surface area (Å²) in [5.41, 5.74) is 4.64. The maximum absolute atomic E-state index is 14.4. The summed E-state index contributed by atoms with van der Waals surface area (Å²) in [6.07, 6.45) is 0.619. The Morgan fingerprint density at radius 3 is 2.19 bits per heavy atom. The highest BCUT2D eigenvalue weighted by Gasteiger charge is 2.38. The second kappa shape index (κ2) is 13.4. The predicted octanol–water partition coefficient (Wildman–Crippen LogP) is 8.61. The number of halogens is 1. The molecule has 0 atom stereocenters. The number of aromatic nitrogens is 1. The molecule has 47 heavy (non-hydrogen) atoms. The fraction of sp³-hybridized carbons (Fsp3) is 0.237. The van der Waals surface area contributed by atoms with Crippen LogP contribution in [0, 0.1) is 5.82 Å². The summed E-state index contributed by atoms with van der Waals surface area (Å²) >= 11 is 0. The van der Waals surface area contributed by atoms with Crippen LogP contribution in [0.1, 0.15) is 38.7 Å². The van der Waals surface area contributed by atoms with Crippen LogP contribution in [0.3, 0.4) is 0 Å².